The van der Waals surface area contributed by atoms with Gasteiger partial charge >= 0.3 is 0 Å². The van der Waals surface area contributed by atoms with Gasteiger partial charge in [-0.3, -0.25) is 14.8 Å². The van der Waals surface area contributed by atoms with Crippen LogP contribution in [0.15, 0.2) is 24.4 Å². The summed E-state index contributed by atoms with van der Waals surface area (Å²) in [7, 11) is 0. The highest BCUT2D eigenvalue weighted by Crippen LogP contribution is 2.32. The van der Waals surface area contributed by atoms with E-state index in [0.717, 1.165) is 42.8 Å². The van der Waals surface area contributed by atoms with Gasteiger partial charge in [-0.1, -0.05) is 17.7 Å². The maximum absolute atomic E-state index is 15.3. The number of nitrogens with zero attached hydrogens (tertiary/aromatic N) is 5. The van der Waals surface area contributed by atoms with Crippen molar-refractivity contribution in [2.45, 2.75) is 39.0 Å². The Morgan fingerprint density at radius 3 is 2.66 bits per heavy atom. The summed E-state index contributed by atoms with van der Waals surface area (Å²) < 4.78 is 20.6. The van der Waals surface area contributed by atoms with Gasteiger partial charge in [-0.15, -0.1) is 0 Å². The third kappa shape index (κ3) is 6.31. The summed E-state index contributed by atoms with van der Waals surface area (Å²) in [6, 6.07) is 5.38. The lowest BCUT2D eigenvalue weighted by atomic mass is 9.85. The lowest BCUT2D eigenvalue weighted by Gasteiger charge is -2.35. The normalized spacial score (nSPS) is 17.1. The van der Waals surface area contributed by atoms with Crippen molar-refractivity contribution in [3.8, 4) is 0 Å². The minimum absolute atomic E-state index is 0.169. The molecule has 0 unspecified atom stereocenters. The maximum atomic E-state index is 15.3. The fourth-order valence-electron chi connectivity index (χ4n) is 5.17. The molecule has 2 saturated heterocycles. The number of ether oxygens (including phenoxy) is 1. The van der Waals surface area contributed by atoms with Crippen molar-refractivity contribution in [1.29, 1.82) is 0 Å². The first kappa shape index (κ1) is 26.5. The molecule has 38 heavy (non-hydrogen) atoms. The summed E-state index contributed by atoms with van der Waals surface area (Å²) in [5, 5.41) is 10.4. The molecule has 1 aromatic carbocycles. The predicted molar refractivity (Wildman–Crippen MR) is 143 cm³/mol. The zero-order valence-corrected chi connectivity index (χ0v) is 22.5. The lowest BCUT2D eigenvalue weighted by Crippen LogP contribution is -2.46. The van der Waals surface area contributed by atoms with Gasteiger partial charge in [0, 0.05) is 44.4 Å². The first-order valence-electron chi connectivity index (χ1n) is 13.0. The topological polar surface area (TPSA) is 99.3 Å². The fourth-order valence-corrected chi connectivity index (χ4v) is 5.31. The van der Waals surface area contributed by atoms with Crippen molar-refractivity contribution in [3.05, 3.63) is 63.4 Å². The van der Waals surface area contributed by atoms with Crippen molar-refractivity contribution < 1.29 is 13.9 Å². The summed E-state index contributed by atoms with van der Waals surface area (Å²) in [6.07, 6.45) is 3.42. The number of aromatic nitrogens is 4. The van der Waals surface area contributed by atoms with Crippen molar-refractivity contribution in [2.24, 2.45) is 0 Å². The molecular weight excluding hydrogens is 509 g/mol. The Labute approximate surface area is 226 Å². The predicted octanol–water partition coefficient (Wildman–Crippen LogP) is 3.98. The number of halogens is 2. The third-order valence-corrected chi connectivity index (χ3v) is 7.56. The number of likely N-dealkylation sites (tertiary alicyclic amines) is 1. The summed E-state index contributed by atoms with van der Waals surface area (Å²) in [5.41, 5.74) is 3.49. The van der Waals surface area contributed by atoms with Crippen LogP contribution in [0.3, 0.4) is 0 Å². The molecule has 5 rings (SSSR count). The second-order valence-electron chi connectivity index (χ2n) is 10.1. The van der Waals surface area contributed by atoms with E-state index in [1.54, 1.807) is 6.07 Å². The summed E-state index contributed by atoms with van der Waals surface area (Å²) >= 11 is 6.27. The number of morpholine rings is 1. The molecule has 2 aliphatic heterocycles. The van der Waals surface area contributed by atoms with Crippen LogP contribution < -0.4 is 5.32 Å². The highest BCUT2D eigenvalue weighted by molar-refractivity contribution is 6.32. The van der Waals surface area contributed by atoms with Crippen molar-refractivity contribution in [2.75, 3.05) is 51.3 Å². The van der Waals surface area contributed by atoms with Gasteiger partial charge in [-0.05, 0) is 55.4 Å². The van der Waals surface area contributed by atoms with Crippen LogP contribution in [-0.2, 0) is 16.0 Å². The minimum atomic E-state index is -0.271. The number of nitrogens with one attached hydrogen (secondary N) is 2. The Balaban J connectivity index is 1.22. The summed E-state index contributed by atoms with van der Waals surface area (Å²) in [4.78, 5) is 25.6. The van der Waals surface area contributed by atoms with Gasteiger partial charge in [0.15, 0.2) is 11.6 Å². The van der Waals surface area contributed by atoms with Crippen LogP contribution in [0.25, 0.3) is 0 Å². The van der Waals surface area contributed by atoms with Gasteiger partial charge < -0.3 is 15.0 Å². The number of carbonyl (C=O) groups is 1. The van der Waals surface area contributed by atoms with E-state index in [-0.39, 0.29) is 24.1 Å². The molecular formula is C27H33ClFN7O2. The molecule has 9 nitrogen and oxygen atoms in total. The first-order valence-corrected chi connectivity index (χ1v) is 13.4. The smallest absolute Gasteiger partial charge is 0.236 e. The van der Waals surface area contributed by atoms with Gasteiger partial charge in [0.2, 0.25) is 5.91 Å². The monoisotopic (exact) mass is 541 g/mol. The number of hydrogen-bond acceptors (Lipinski definition) is 7. The molecule has 0 saturated carbocycles. The first-order chi connectivity index (χ1) is 18.4. The van der Waals surface area contributed by atoms with E-state index in [9.17, 15) is 4.79 Å². The molecule has 0 bridgehead atoms. The Hall–Kier alpha value is -3.08. The molecule has 1 amide bonds. The molecule has 202 valence electrons. The number of amides is 1. The molecule has 0 spiro atoms. The van der Waals surface area contributed by atoms with E-state index in [4.69, 9.17) is 16.3 Å². The van der Waals surface area contributed by atoms with Crippen molar-refractivity contribution in [3.63, 3.8) is 0 Å². The van der Waals surface area contributed by atoms with Gasteiger partial charge in [-0.25, -0.2) is 14.4 Å². The van der Waals surface area contributed by atoms with Gasteiger partial charge in [-0.2, -0.15) is 5.10 Å². The van der Waals surface area contributed by atoms with Crippen LogP contribution in [0.4, 0.5) is 16.0 Å². The van der Waals surface area contributed by atoms with Crippen molar-refractivity contribution in [1.82, 2.24) is 30.0 Å². The lowest BCUT2D eigenvalue weighted by molar-refractivity contribution is -0.134. The van der Waals surface area contributed by atoms with Crippen LogP contribution in [-0.4, -0.2) is 81.8 Å². The molecule has 0 atom stereocenters. The van der Waals surface area contributed by atoms with Gasteiger partial charge in [0.05, 0.1) is 26.0 Å². The number of aryl methyl sites for hydroxylation is 2. The number of H-pyrrole nitrogens is 1. The molecule has 2 N–H and O–H groups in total. The number of rotatable bonds is 7. The number of benzene rings is 1. The van der Waals surface area contributed by atoms with E-state index in [2.05, 4.69) is 30.4 Å². The third-order valence-electron chi connectivity index (χ3n) is 7.28. The quantitative estimate of drug-likeness (QED) is 0.467. The maximum Gasteiger partial charge on any atom is 0.236 e. The van der Waals surface area contributed by atoms with Crippen LogP contribution in [0.2, 0.25) is 5.02 Å². The van der Waals surface area contributed by atoms with E-state index in [0.29, 0.717) is 60.9 Å². The van der Waals surface area contributed by atoms with E-state index >= 15 is 4.39 Å². The van der Waals surface area contributed by atoms with Crippen molar-refractivity contribution >= 4 is 29.1 Å². The summed E-state index contributed by atoms with van der Waals surface area (Å²) in [6.45, 7) is 8.72. The van der Waals surface area contributed by atoms with E-state index < -0.39 is 0 Å². The molecule has 2 aliphatic rings. The average Bonchev–Trinajstić information content (AvgIpc) is 3.33. The molecule has 0 aliphatic carbocycles. The SMILES string of the molecule is Cc1cc(Nc2nc(Cc3cc(C)c(C4CCN(C(=O)CN5CCOCC5)CC4)cc3F)ncc2Cl)n[nH]1. The second kappa shape index (κ2) is 11.8. The molecule has 2 fully saturated rings. The number of anilines is 2. The number of aromatic amines is 1. The molecule has 3 aromatic rings. The molecule has 11 heteroatoms. The van der Waals surface area contributed by atoms with E-state index in [1.165, 1.54) is 6.20 Å². The number of carbonyl (C=O) groups excluding carboxylic acids is 1. The number of piperidine rings is 1. The van der Waals surface area contributed by atoms with E-state index in [1.807, 2.05) is 30.9 Å². The highest BCUT2D eigenvalue weighted by Gasteiger charge is 2.27. The fraction of sp³-hybridized carbons (Fsp3) is 0.481. The van der Waals surface area contributed by atoms with Crippen LogP contribution >= 0.6 is 11.6 Å². The Bertz CT molecular complexity index is 1290. The summed E-state index contributed by atoms with van der Waals surface area (Å²) in [5.74, 6) is 1.60. The highest BCUT2D eigenvalue weighted by atomic mass is 35.5. The van der Waals surface area contributed by atoms with Gasteiger partial charge in [0.1, 0.15) is 16.7 Å². The van der Waals surface area contributed by atoms with Crippen LogP contribution in [0.5, 0.6) is 0 Å². The molecule has 4 heterocycles. The Morgan fingerprint density at radius 1 is 1.18 bits per heavy atom. The Morgan fingerprint density at radius 2 is 1.95 bits per heavy atom. The molecule has 0 radical (unpaired) electrons. The Kier molecular flexibility index (Phi) is 8.21. The van der Waals surface area contributed by atoms with Crippen LogP contribution in [0, 0.1) is 19.7 Å². The molecule has 2 aromatic heterocycles. The number of hydrogen-bond donors (Lipinski definition) is 2. The standard InChI is InChI=1S/C27H33ClFN7O2/c1-17-11-20(13-24-30-15-22(28)27(31-24)32-25-12-18(2)33-34-25)23(29)14-21(17)19-3-5-36(6-4-19)26(37)16-35-7-9-38-10-8-35/h11-12,14-15,19H,3-10,13,16H2,1-2H3,(H2,30,31,32,33,34). The average molecular weight is 542 g/mol. The van der Waals surface area contributed by atoms with Crippen LogP contribution in [0.1, 0.15) is 47.0 Å². The largest absolute Gasteiger partial charge is 0.379 e. The zero-order valence-electron chi connectivity index (χ0n) is 21.8. The minimum Gasteiger partial charge on any atom is -0.379 e. The zero-order chi connectivity index (χ0) is 26.6. The van der Waals surface area contributed by atoms with Gasteiger partial charge in [0.25, 0.3) is 0 Å². The second-order valence-corrected chi connectivity index (χ2v) is 10.5.